The second-order valence-corrected chi connectivity index (χ2v) is 6.80. The normalized spacial score (nSPS) is 15.5. The maximum atomic E-state index is 12.9. The molecule has 1 saturated heterocycles. The first-order valence-corrected chi connectivity index (χ1v) is 9.07. The zero-order chi connectivity index (χ0) is 17.9. The van der Waals surface area contributed by atoms with Crippen molar-refractivity contribution in [3.05, 3.63) is 65.8 Å². The number of aryl methyl sites for hydroxylation is 1. The fraction of sp³-hybridized carbons (Fsp3) is 0.333. The van der Waals surface area contributed by atoms with Gasteiger partial charge in [-0.2, -0.15) is 0 Å². The molecular weight excluding hydrogens is 331 g/mol. The van der Waals surface area contributed by atoms with Crippen molar-refractivity contribution in [1.29, 1.82) is 0 Å². The number of aromatic nitrogens is 1. The molecule has 1 amide bonds. The Morgan fingerprint density at radius 1 is 1.12 bits per heavy atom. The first-order valence-electron chi connectivity index (χ1n) is 9.07. The number of nitrogens with zero attached hydrogens (tertiary/aromatic N) is 2. The van der Waals surface area contributed by atoms with Crippen LogP contribution in [-0.4, -0.2) is 28.9 Å². The number of para-hydroxylation sites is 2. The molecule has 0 bridgehead atoms. The number of carbonyl (C=O) groups is 1. The summed E-state index contributed by atoms with van der Waals surface area (Å²) < 4.78 is 18.8. The minimum Gasteiger partial charge on any atom is -0.440 e. The average molecular weight is 352 g/mol. The van der Waals surface area contributed by atoms with Crippen molar-refractivity contribution in [2.75, 3.05) is 13.1 Å². The van der Waals surface area contributed by atoms with Gasteiger partial charge in [0.2, 0.25) is 5.91 Å². The first-order chi connectivity index (χ1) is 12.7. The zero-order valence-corrected chi connectivity index (χ0v) is 14.5. The summed E-state index contributed by atoms with van der Waals surface area (Å²) in [6.45, 7) is 1.46. The minimum atomic E-state index is -0.249. The summed E-state index contributed by atoms with van der Waals surface area (Å²) in [6, 6.07) is 14.1. The molecule has 0 unspecified atom stereocenters. The summed E-state index contributed by atoms with van der Waals surface area (Å²) in [6.07, 6.45) is 2.84. The fourth-order valence-corrected chi connectivity index (χ4v) is 3.50. The molecule has 5 heteroatoms. The predicted molar refractivity (Wildman–Crippen MR) is 97.3 cm³/mol. The van der Waals surface area contributed by atoms with Crippen molar-refractivity contribution in [2.45, 2.75) is 31.6 Å². The van der Waals surface area contributed by atoms with E-state index in [9.17, 15) is 9.18 Å². The van der Waals surface area contributed by atoms with Gasteiger partial charge in [0.25, 0.3) is 0 Å². The van der Waals surface area contributed by atoms with Gasteiger partial charge in [-0.1, -0.05) is 24.3 Å². The van der Waals surface area contributed by atoms with E-state index in [0.29, 0.717) is 12.8 Å². The molecule has 2 aromatic carbocycles. The van der Waals surface area contributed by atoms with Gasteiger partial charge in [-0.05, 0) is 49.1 Å². The van der Waals surface area contributed by atoms with Gasteiger partial charge in [-0.3, -0.25) is 4.79 Å². The van der Waals surface area contributed by atoms with Gasteiger partial charge < -0.3 is 9.32 Å². The number of carbonyl (C=O) groups excluding carboxylic acids is 1. The fourth-order valence-electron chi connectivity index (χ4n) is 3.50. The largest absolute Gasteiger partial charge is 0.440 e. The van der Waals surface area contributed by atoms with Crippen molar-refractivity contribution in [3.63, 3.8) is 0 Å². The zero-order valence-electron chi connectivity index (χ0n) is 14.5. The van der Waals surface area contributed by atoms with Crippen LogP contribution in [0.3, 0.4) is 0 Å². The first kappa shape index (κ1) is 16.8. The molecule has 26 heavy (non-hydrogen) atoms. The summed E-state index contributed by atoms with van der Waals surface area (Å²) in [5.41, 5.74) is 2.70. The molecule has 0 radical (unpaired) electrons. The molecule has 134 valence electrons. The van der Waals surface area contributed by atoms with E-state index in [1.54, 1.807) is 12.1 Å². The molecule has 1 aliphatic heterocycles. The highest BCUT2D eigenvalue weighted by Crippen LogP contribution is 2.30. The van der Waals surface area contributed by atoms with Gasteiger partial charge in [0, 0.05) is 25.4 Å². The van der Waals surface area contributed by atoms with E-state index in [2.05, 4.69) is 4.98 Å². The minimum absolute atomic E-state index is 0.158. The molecule has 0 spiro atoms. The maximum absolute atomic E-state index is 12.9. The molecule has 3 aromatic rings. The van der Waals surface area contributed by atoms with Crippen molar-refractivity contribution in [3.8, 4) is 0 Å². The number of rotatable bonds is 4. The number of hydrogen-bond acceptors (Lipinski definition) is 3. The van der Waals surface area contributed by atoms with Crippen molar-refractivity contribution in [2.24, 2.45) is 0 Å². The van der Waals surface area contributed by atoms with Crippen LogP contribution in [0.15, 0.2) is 52.9 Å². The lowest BCUT2D eigenvalue weighted by Gasteiger charge is -2.30. The van der Waals surface area contributed by atoms with Crippen LogP contribution in [-0.2, 0) is 11.2 Å². The molecule has 1 aromatic heterocycles. The van der Waals surface area contributed by atoms with E-state index in [1.165, 1.54) is 12.1 Å². The van der Waals surface area contributed by atoms with E-state index in [1.807, 2.05) is 29.2 Å². The molecule has 1 aliphatic rings. The van der Waals surface area contributed by atoms with Gasteiger partial charge in [-0.25, -0.2) is 9.37 Å². The van der Waals surface area contributed by atoms with E-state index < -0.39 is 0 Å². The van der Waals surface area contributed by atoms with Gasteiger partial charge >= 0.3 is 0 Å². The molecule has 1 fully saturated rings. The molecule has 2 heterocycles. The number of benzene rings is 2. The van der Waals surface area contributed by atoms with Gasteiger partial charge in [0.05, 0.1) is 0 Å². The Morgan fingerprint density at radius 2 is 1.85 bits per heavy atom. The van der Waals surface area contributed by atoms with Crippen LogP contribution in [0.1, 0.15) is 36.6 Å². The standard InChI is InChI=1S/C21H21FN2O2/c22-17-8-5-15(6-9-17)7-10-20(25)24-13-11-16(12-14-24)21-23-18-3-1-2-4-19(18)26-21/h1-6,8-9,16H,7,10-14H2. The van der Waals surface area contributed by atoms with Crippen LogP contribution in [0, 0.1) is 5.82 Å². The Hall–Kier alpha value is -2.69. The van der Waals surface area contributed by atoms with E-state index >= 15 is 0 Å². The third-order valence-corrected chi connectivity index (χ3v) is 5.05. The smallest absolute Gasteiger partial charge is 0.222 e. The molecule has 0 N–H and O–H groups in total. The van der Waals surface area contributed by atoms with Crippen LogP contribution < -0.4 is 0 Å². The van der Waals surface area contributed by atoms with Crippen molar-refractivity contribution < 1.29 is 13.6 Å². The quantitative estimate of drug-likeness (QED) is 0.703. The number of oxazole rings is 1. The van der Waals surface area contributed by atoms with Gasteiger partial charge in [0.15, 0.2) is 11.5 Å². The van der Waals surface area contributed by atoms with Gasteiger partial charge in [0.1, 0.15) is 11.3 Å². The van der Waals surface area contributed by atoms with Crippen molar-refractivity contribution in [1.82, 2.24) is 9.88 Å². The Kier molecular flexibility index (Phi) is 4.69. The summed E-state index contributed by atoms with van der Waals surface area (Å²) in [5.74, 6) is 0.958. The lowest BCUT2D eigenvalue weighted by Crippen LogP contribution is -2.38. The number of likely N-dealkylation sites (tertiary alicyclic amines) is 1. The summed E-state index contributed by atoms with van der Waals surface area (Å²) in [7, 11) is 0. The van der Waals surface area contributed by atoms with Crippen molar-refractivity contribution >= 4 is 17.0 Å². The molecule has 0 saturated carbocycles. The van der Waals surface area contributed by atoms with E-state index in [-0.39, 0.29) is 17.6 Å². The average Bonchev–Trinajstić information content (AvgIpc) is 3.12. The second-order valence-electron chi connectivity index (χ2n) is 6.80. The highest BCUT2D eigenvalue weighted by atomic mass is 19.1. The Bertz CT molecular complexity index is 863. The SMILES string of the molecule is O=C(CCc1ccc(F)cc1)N1CCC(c2nc3ccccc3o2)CC1. The Balaban J connectivity index is 1.31. The highest BCUT2D eigenvalue weighted by molar-refractivity contribution is 5.76. The number of halogens is 1. The monoisotopic (exact) mass is 352 g/mol. The van der Waals surface area contributed by atoms with Crippen LogP contribution in [0.5, 0.6) is 0 Å². The van der Waals surface area contributed by atoms with Gasteiger partial charge in [-0.15, -0.1) is 0 Å². The van der Waals surface area contributed by atoms with Crippen LogP contribution in [0.25, 0.3) is 11.1 Å². The lowest BCUT2D eigenvalue weighted by molar-refractivity contribution is -0.132. The van der Waals surface area contributed by atoms with Crippen LogP contribution in [0.2, 0.25) is 0 Å². The lowest BCUT2D eigenvalue weighted by atomic mass is 9.96. The summed E-state index contributed by atoms with van der Waals surface area (Å²) in [4.78, 5) is 18.9. The highest BCUT2D eigenvalue weighted by Gasteiger charge is 2.26. The topological polar surface area (TPSA) is 46.3 Å². The Morgan fingerprint density at radius 3 is 2.58 bits per heavy atom. The number of piperidine rings is 1. The molecule has 0 aliphatic carbocycles. The van der Waals surface area contributed by atoms with E-state index in [0.717, 1.165) is 48.5 Å². The Labute approximate surface area is 151 Å². The number of fused-ring (bicyclic) bond motifs is 1. The third-order valence-electron chi connectivity index (χ3n) is 5.05. The molecular formula is C21H21FN2O2. The summed E-state index contributed by atoms with van der Waals surface area (Å²) >= 11 is 0. The van der Waals surface area contributed by atoms with E-state index in [4.69, 9.17) is 4.42 Å². The predicted octanol–water partition coefficient (Wildman–Crippen LogP) is 4.31. The maximum Gasteiger partial charge on any atom is 0.222 e. The third kappa shape index (κ3) is 3.62. The van der Waals surface area contributed by atoms with Crippen LogP contribution >= 0.6 is 0 Å². The summed E-state index contributed by atoms with van der Waals surface area (Å²) in [5, 5.41) is 0. The molecule has 0 atom stereocenters. The molecule has 4 nitrogen and oxygen atoms in total. The number of hydrogen-bond donors (Lipinski definition) is 0. The number of amides is 1. The molecule has 4 rings (SSSR count). The second kappa shape index (κ2) is 7.28. The van der Waals surface area contributed by atoms with Crippen LogP contribution in [0.4, 0.5) is 4.39 Å².